The average molecular weight is 323 g/mol. The van der Waals surface area contributed by atoms with Gasteiger partial charge in [0, 0.05) is 12.4 Å². The summed E-state index contributed by atoms with van der Waals surface area (Å²) >= 11 is 0. The molecule has 0 saturated carbocycles. The molecule has 0 radical (unpaired) electrons. The maximum absolute atomic E-state index is 12.5. The molecule has 1 aromatic carbocycles. The molecule has 0 aliphatic carbocycles. The van der Waals surface area contributed by atoms with Crippen LogP contribution in [-0.2, 0) is 0 Å². The van der Waals surface area contributed by atoms with E-state index in [2.05, 4.69) is 10.3 Å². The molecule has 1 amide bonds. The maximum atomic E-state index is 12.5. The molecule has 0 bridgehead atoms. The minimum absolute atomic E-state index is 0.0241. The predicted octanol–water partition coefficient (Wildman–Crippen LogP) is 2.74. The number of benzene rings is 1. The third-order valence-electron chi connectivity index (χ3n) is 3.46. The Balaban J connectivity index is 1.91. The number of ether oxygens (including phenoxy) is 1. The van der Waals surface area contributed by atoms with Crippen LogP contribution in [0.5, 0.6) is 5.75 Å². The molecule has 2 aromatic heterocycles. The van der Waals surface area contributed by atoms with Crippen LogP contribution in [0.3, 0.4) is 0 Å². The number of fused-ring (bicyclic) bond motifs is 1. The zero-order chi connectivity index (χ0) is 16.9. The minimum atomic E-state index is -0.515. The standard InChI is InChI=1S/C18H17N3O3/c1-2-11-24-15-8-4-3-7-14(15)20-17(22)13-12-19-16-9-5-6-10-21(16)18(13)23/h3-10,12H,2,11H2,1H3,(H,20,22). The number of anilines is 1. The van der Waals surface area contributed by atoms with Crippen molar-refractivity contribution in [3.63, 3.8) is 0 Å². The second-order valence-electron chi connectivity index (χ2n) is 5.20. The second-order valence-corrected chi connectivity index (χ2v) is 5.20. The van der Waals surface area contributed by atoms with Crippen molar-refractivity contribution in [1.29, 1.82) is 0 Å². The van der Waals surface area contributed by atoms with Gasteiger partial charge in [-0.2, -0.15) is 0 Å². The van der Waals surface area contributed by atoms with Gasteiger partial charge in [0.15, 0.2) is 0 Å². The van der Waals surface area contributed by atoms with E-state index < -0.39 is 11.5 Å². The van der Waals surface area contributed by atoms with Crippen molar-refractivity contribution in [2.45, 2.75) is 13.3 Å². The first-order valence-corrected chi connectivity index (χ1v) is 7.70. The Hall–Kier alpha value is -3.15. The van der Waals surface area contributed by atoms with Crippen LogP contribution >= 0.6 is 0 Å². The highest BCUT2D eigenvalue weighted by Crippen LogP contribution is 2.24. The topological polar surface area (TPSA) is 72.7 Å². The zero-order valence-electron chi connectivity index (χ0n) is 13.2. The van der Waals surface area contributed by atoms with Gasteiger partial charge in [0.1, 0.15) is 17.0 Å². The van der Waals surface area contributed by atoms with E-state index in [4.69, 9.17) is 4.74 Å². The van der Waals surface area contributed by atoms with E-state index in [9.17, 15) is 9.59 Å². The number of hydrogen-bond acceptors (Lipinski definition) is 4. The summed E-state index contributed by atoms with van der Waals surface area (Å²) in [6.07, 6.45) is 3.74. The van der Waals surface area contributed by atoms with Crippen LogP contribution in [-0.4, -0.2) is 21.9 Å². The summed E-state index contributed by atoms with van der Waals surface area (Å²) in [5.41, 5.74) is 0.577. The van der Waals surface area contributed by atoms with Gasteiger partial charge in [-0.1, -0.05) is 25.1 Å². The van der Waals surface area contributed by atoms with Crippen LogP contribution in [0.15, 0.2) is 59.7 Å². The Morgan fingerprint density at radius 1 is 1.21 bits per heavy atom. The van der Waals surface area contributed by atoms with Crippen molar-refractivity contribution in [2.24, 2.45) is 0 Å². The predicted molar refractivity (Wildman–Crippen MR) is 91.6 cm³/mol. The lowest BCUT2D eigenvalue weighted by Crippen LogP contribution is -2.26. The summed E-state index contributed by atoms with van der Waals surface area (Å²) in [4.78, 5) is 29.1. The van der Waals surface area contributed by atoms with Crippen molar-refractivity contribution in [3.05, 3.63) is 70.8 Å². The van der Waals surface area contributed by atoms with E-state index in [1.54, 1.807) is 42.6 Å². The molecule has 24 heavy (non-hydrogen) atoms. The van der Waals surface area contributed by atoms with Crippen molar-refractivity contribution in [1.82, 2.24) is 9.38 Å². The fourth-order valence-electron chi connectivity index (χ4n) is 2.28. The molecule has 0 aliphatic heterocycles. The quantitative estimate of drug-likeness (QED) is 0.783. The highest BCUT2D eigenvalue weighted by atomic mass is 16.5. The SMILES string of the molecule is CCCOc1ccccc1NC(=O)c1cnc2ccccn2c1=O. The van der Waals surface area contributed by atoms with E-state index in [0.29, 0.717) is 23.7 Å². The second kappa shape index (κ2) is 6.95. The molecule has 0 aliphatic rings. The molecular weight excluding hydrogens is 306 g/mol. The third kappa shape index (κ3) is 3.12. The number of hydrogen-bond donors (Lipinski definition) is 1. The molecule has 0 spiro atoms. The maximum Gasteiger partial charge on any atom is 0.270 e. The van der Waals surface area contributed by atoms with Crippen LogP contribution in [0.4, 0.5) is 5.69 Å². The molecule has 122 valence electrons. The number of nitrogens with zero attached hydrogens (tertiary/aromatic N) is 2. The number of rotatable bonds is 5. The number of aromatic nitrogens is 2. The van der Waals surface area contributed by atoms with Gasteiger partial charge in [-0.05, 0) is 30.7 Å². The number of pyridine rings is 1. The Labute approximate surface area is 138 Å². The van der Waals surface area contributed by atoms with Gasteiger partial charge in [-0.25, -0.2) is 4.98 Å². The molecule has 6 heteroatoms. The minimum Gasteiger partial charge on any atom is -0.491 e. The summed E-state index contributed by atoms with van der Waals surface area (Å²) in [7, 11) is 0. The monoisotopic (exact) mass is 323 g/mol. The van der Waals surface area contributed by atoms with Gasteiger partial charge >= 0.3 is 0 Å². The van der Waals surface area contributed by atoms with E-state index in [1.807, 2.05) is 13.0 Å². The summed E-state index contributed by atoms with van der Waals surface area (Å²) in [5, 5.41) is 2.72. The first-order valence-electron chi connectivity index (χ1n) is 7.70. The first kappa shape index (κ1) is 15.7. The number of para-hydroxylation sites is 2. The van der Waals surface area contributed by atoms with Gasteiger partial charge in [0.05, 0.1) is 12.3 Å². The first-order chi connectivity index (χ1) is 11.7. The molecule has 0 atom stereocenters. The molecular formula is C18H17N3O3. The molecule has 3 rings (SSSR count). The van der Waals surface area contributed by atoms with Crippen LogP contribution < -0.4 is 15.6 Å². The van der Waals surface area contributed by atoms with E-state index >= 15 is 0 Å². The Kier molecular flexibility index (Phi) is 4.56. The smallest absolute Gasteiger partial charge is 0.270 e. The van der Waals surface area contributed by atoms with Crippen molar-refractivity contribution in [2.75, 3.05) is 11.9 Å². The molecule has 2 heterocycles. The van der Waals surface area contributed by atoms with Crippen LogP contribution in [0.1, 0.15) is 23.7 Å². The van der Waals surface area contributed by atoms with Crippen molar-refractivity contribution < 1.29 is 9.53 Å². The number of amides is 1. The molecule has 6 nitrogen and oxygen atoms in total. The number of carbonyl (C=O) groups excluding carboxylic acids is 1. The number of carbonyl (C=O) groups is 1. The van der Waals surface area contributed by atoms with E-state index in [1.165, 1.54) is 10.6 Å². The Bertz CT molecular complexity index is 934. The summed E-state index contributed by atoms with van der Waals surface area (Å²) in [6, 6.07) is 12.3. The van der Waals surface area contributed by atoms with Crippen molar-refractivity contribution in [3.8, 4) is 5.75 Å². The average Bonchev–Trinajstić information content (AvgIpc) is 2.61. The Morgan fingerprint density at radius 3 is 2.83 bits per heavy atom. The molecule has 0 fully saturated rings. The summed E-state index contributed by atoms with van der Waals surface area (Å²) in [6.45, 7) is 2.55. The van der Waals surface area contributed by atoms with E-state index in [0.717, 1.165) is 6.42 Å². The molecule has 1 N–H and O–H groups in total. The molecule has 0 saturated heterocycles. The fourth-order valence-corrected chi connectivity index (χ4v) is 2.28. The zero-order valence-corrected chi connectivity index (χ0v) is 13.2. The van der Waals surface area contributed by atoms with Gasteiger partial charge in [-0.3, -0.25) is 14.0 Å². The van der Waals surface area contributed by atoms with Crippen LogP contribution in [0.25, 0.3) is 5.65 Å². The highest BCUT2D eigenvalue weighted by molar-refractivity contribution is 6.04. The lowest BCUT2D eigenvalue weighted by atomic mass is 10.2. The van der Waals surface area contributed by atoms with Gasteiger partial charge in [0.25, 0.3) is 11.5 Å². The lowest BCUT2D eigenvalue weighted by molar-refractivity contribution is 0.102. The summed E-state index contributed by atoms with van der Waals surface area (Å²) < 4.78 is 6.95. The van der Waals surface area contributed by atoms with E-state index in [-0.39, 0.29) is 5.56 Å². The fraction of sp³-hybridized carbons (Fsp3) is 0.167. The van der Waals surface area contributed by atoms with Crippen LogP contribution in [0.2, 0.25) is 0 Å². The van der Waals surface area contributed by atoms with Crippen LogP contribution in [0, 0.1) is 0 Å². The molecule has 3 aromatic rings. The largest absolute Gasteiger partial charge is 0.491 e. The van der Waals surface area contributed by atoms with Crippen molar-refractivity contribution >= 4 is 17.2 Å². The number of nitrogens with one attached hydrogen (secondary N) is 1. The Morgan fingerprint density at radius 2 is 2.00 bits per heavy atom. The molecule has 0 unspecified atom stereocenters. The van der Waals surface area contributed by atoms with Gasteiger partial charge in [0.2, 0.25) is 0 Å². The van der Waals surface area contributed by atoms with Gasteiger partial charge in [-0.15, -0.1) is 0 Å². The lowest BCUT2D eigenvalue weighted by Gasteiger charge is -2.11. The highest BCUT2D eigenvalue weighted by Gasteiger charge is 2.15. The normalized spacial score (nSPS) is 10.5. The third-order valence-corrected chi connectivity index (χ3v) is 3.46. The van der Waals surface area contributed by atoms with Gasteiger partial charge < -0.3 is 10.1 Å². The summed E-state index contributed by atoms with van der Waals surface area (Å²) in [5.74, 6) is 0.0554.